The summed E-state index contributed by atoms with van der Waals surface area (Å²) in [6.07, 6.45) is 1.03. The summed E-state index contributed by atoms with van der Waals surface area (Å²) in [7, 11) is 0. The number of rotatable bonds is 3. The number of anilines is 1. The minimum absolute atomic E-state index is 0.00593. The summed E-state index contributed by atoms with van der Waals surface area (Å²) in [5.41, 5.74) is 1.93. The first-order valence-corrected chi connectivity index (χ1v) is 6.15. The van der Waals surface area contributed by atoms with Crippen LogP contribution in [0.5, 0.6) is 0 Å². The molecule has 0 spiro atoms. The summed E-state index contributed by atoms with van der Waals surface area (Å²) in [6, 6.07) is 7.68. The number of benzene rings is 1. The summed E-state index contributed by atoms with van der Waals surface area (Å²) in [5.74, 6) is -0.385. The van der Waals surface area contributed by atoms with Gasteiger partial charge in [-0.25, -0.2) is 0 Å². The number of hydrogen-bond donors (Lipinski definition) is 0. The normalized spacial score (nSPS) is 14.6. The van der Waals surface area contributed by atoms with Crippen molar-refractivity contribution in [2.75, 3.05) is 11.4 Å². The second-order valence-electron chi connectivity index (χ2n) is 4.65. The van der Waals surface area contributed by atoms with Crippen LogP contribution in [0.15, 0.2) is 24.3 Å². The second-order valence-corrected chi connectivity index (χ2v) is 4.65. The van der Waals surface area contributed by atoms with E-state index in [1.807, 2.05) is 24.3 Å². The fourth-order valence-electron chi connectivity index (χ4n) is 2.10. The summed E-state index contributed by atoms with van der Waals surface area (Å²) >= 11 is 0. The maximum absolute atomic E-state index is 11.9. The minimum atomic E-state index is -0.366. The molecule has 18 heavy (non-hydrogen) atoms. The second kappa shape index (κ2) is 5.21. The molecule has 4 nitrogen and oxygen atoms in total. The number of fused-ring (bicyclic) bond motifs is 1. The van der Waals surface area contributed by atoms with Gasteiger partial charge in [0.25, 0.3) is 0 Å². The van der Waals surface area contributed by atoms with Crippen LogP contribution in [-0.2, 0) is 20.7 Å². The first-order valence-electron chi connectivity index (χ1n) is 6.15. The smallest absolute Gasteiger partial charge is 0.326 e. The predicted molar refractivity (Wildman–Crippen MR) is 68.3 cm³/mol. The number of carbonyl (C=O) groups is 2. The monoisotopic (exact) mass is 247 g/mol. The first-order chi connectivity index (χ1) is 8.58. The molecule has 1 aromatic carbocycles. The molecule has 0 atom stereocenters. The van der Waals surface area contributed by atoms with Crippen LogP contribution < -0.4 is 4.90 Å². The van der Waals surface area contributed by atoms with E-state index in [4.69, 9.17) is 4.74 Å². The minimum Gasteiger partial charge on any atom is -0.462 e. The Morgan fingerprint density at radius 1 is 1.33 bits per heavy atom. The Balaban J connectivity index is 2.17. The summed E-state index contributed by atoms with van der Waals surface area (Å²) in [4.78, 5) is 25.1. The maximum atomic E-state index is 11.9. The largest absolute Gasteiger partial charge is 0.462 e. The van der Waals surface area contributed by atoms with E-state index in [2.05, 4.69) is 0 Å². The summed E-state index contributed by atoms with van der Waals surface area (Å²) in [5, 5.41) is 0. The molecule has 0 saturated heterocycles. The van der Waals surface area contributed by atoms with E-state index in [1.165, 1.54) is 4.90 Å². The zero-order chi connectivity index (χ0) is 13.1. The lowest BCUT2D eigenvalue weighted by Gasteiger charge is -2.28. The van der Waals surface area contributed by atoms with Crippen LogP contribution >= 0.6 is 0 Å². The number of ether oxygens (including phenoxy) is 1. The zero-order valence-corrected chi connectivity index (χ0v) is 10.7. The Bertz CT molecular complexity index is 468. The average molecular weight is 247 g/mol. The fourth-order valence-corrected chi connectivity index (χ4v) is 2.10. The first kappa shape index (κ1) is 12.6. The van der Waals surface area contributed by atoms with Crippen LogP contribution in [0, 0.1) is 0 Å². The standard InChI is InChI=1S/C14H17NO3/c1-10(2)18-14(17)9-15-12-6-4-3-5-11(12)7-8-13(15)16/h3-6,10H,7-9H2,1-2H3. The van der Waals surface area contributed by atoms with Crippen molar-refractivity contribution in [2.45, 2.75) is 32.8 Å². The van der Waals surface area contributed by atoms with Gasteiger partial charge in [-0.15, -0.1) is 0 Å². The summed E-state index contributed by atoms with van der Waals surface area (Å²) < 4.78 is 5.08. The predicted octanol–water partition coefficient (Wildman–Crippen LogP) is 1.92. The molecule has 0 N–H and O–H groups in total. The highest BCUT2D eigenvalue weighted by atomic mass is 16.5. The zero-order valence-electron chi connectivity index (χ0n) is 10.7. The third kappa shape index (κ3) is 2.70. The van der Waals surface area contributed by atoms with Crippen molar-refractivity contribution in [1.82, 2.24) is 0 Å². The van der Waals surface area contributed by atoms with E-state index in [-0.39, 0.29) is 24.5 Å². The lowest BCUT2D eigenvalue weighted by atomic mass is 10.0. The van der Waals surface area contributed by atoms with Crippen molar-refractivity contribution in [2.24, 2.45) is 0 Å². The molecule has 0 saturated carbocycles. The highest BCUT2D eigenvalue weighted by Gasteiger charge is 2.26. The molecular formula is C14H17NO3. The molecule has 0 unspecified atom stereocenters. The number of nitrogens with zero attached hydrogens (tertiary/aromatic N) is 1. The third-order valence-electron chi connectivity index (χ3n) is 2.85. The number of aryl methyl sites for hydroxylation is 1. The molecule has 4 heteroatoms. The number of para-hydroxylation sites is 1. The molecule has 96 valence electrons. The van der Waals surface area contributed by atoms with Gasteiger partial charge in [-0.2, -0.15) is 0 Å². The topological polar surface area (TPSA) is 46.6 Å². The number of carbonyl (C=O) groups excluding carboxylic acids is 2. The van der Waals surface area contributed by atoms with Crippen molar-refractivity contribution in [3.63, 3.8) is 0 Å². The van der Waals surface area contributed by atoms with Crippen molar-refractivity contribution >= 4 is 17.6 Å². The Kier molecular flexibility index (Phi) is 3.65. The molecule has 1 aliphatic heterocycles. The van der Waals surface area contributed by atoms with Gasteiger partial charge in [0.05, 0.1) is 6.10 Å². The van der Waals surface area contributed by atoms with Crippen LogP contribution in [0.25, 0.3) is 0 Å². The number of amides is 1. The van der Waals surface area contributed by atoms with Crippen LogP contribution in [-0.4, -0.2) is 24.5 Å². The molecule has 2 rings (SSSR count). The lowest BCUT2D eigenvalue weighted by molar-refractivity contribution is -0.146. The van der Waals surface area contributed by atoms with Crippen LogP contribution in [0.4, 0.5) is 5.69 Å². The molecule has 0 fully saturated rings. The molecule has 1 amide bonds. The van der Waals surface area contributed by atoms with Crippen LogP contribution in [0.3, 0.4) is 0 Å². The SMILES string of the molecule is CC(C)OC(=O)CN1C(=O)CCc2ccccc21. The molecular weight excluding hydrogens is 230 g/mol. The third-order valence-corrected chi connectivity index (χ3v) is 2.85. The molecule has 0 aliphatic carbocycles. The van der Waals surface area contributed by atoms with E-state index in [0.29, 0.717) is 6.42 Å². The van der Waals surface area contributed by atoms with Gasteiger partial charge in [-0.1, -0.05) is 18.2 Å². The van der Waals surface area contributed by atoms with Gasteiger partial charge in [0, 0.05) is 12.1 Å². The van der Waals surface area contributed by atoms with E-state index in [9.17, 15) is 9.59 Å². The number of hydrogen-bond acceptors (Lipinski definition) is 3. The van der Waals surface area contributed by atoms with Gasteiger partial charge in [0.1, 0.15) is 6.54 Å². The van der Waals surface area contributed by atoms with Crippen molar-refractivity contribution in [3.05, 3.63) is 29.8 Å². The van der Waals surface area contributed by atoms with Gasteiger partial charge < -0.3 is 9.64 Å². The molecule has 0 radical (unpaired) electrons. The summed E-state index contributed by atoms with van der Waals surface area (Å²) in [6.45, 7) is 3.59. The van der Waals surface area contributed by atoms with E-state index < -0.39 is 0 Å². The fraction of sp³-hybridized carbons (Fsp3) is 0.429. The van der Waals surface area contributed by atoms with Crippen molar-refractivity contribution in [3.8, 4) is 0 Å². The molecule has 0 bridgehead atoms. The van der Waals surface area contributed by atoms with Gasteiger partial charge >= 0.3 is 5.97 Å². The Morgan fingerprint density at radius 3 is 2.78 bits per heavy atom. The quantitative estimate of drug-likeness (QED) is 0.767. The molecule has 1 aliphatic rings. The molecule has 1 aromatic rings. The van der Waals surface area contributed by atoms with E-state index in [0.717, 1.165) is 17.7 Å². The lowest BCUT2D eigenvalue weighted by Crippen LogP contribution is -2.40. The van der Waals surface area contributed by atoms with Crippen LogP contribution in [0.1, 0.15) is 25.8 Å². The highest BCUT2D eigenvalue weighted by molar-refractivity contribution is 6.00. The van der Waals surface area contributed by atoms with Gasteiger partial charge in [-0.05, 0) is 31.9 Å². The van der Waals surface area contributed by atoms with Gasteiger partial charge in [0.2, 0.25) is 5.91 Å². The van der Waals surface area contributed by atoms with Gasteiger partial charge in [0.15, 0.2) is 0 Å². The van der Waals surface area contributed by atoms with E-state index in [1.54, 1.807) is 13.8 Å². The highest BCUT2D eigenvalue weighted by Crippen LogP contribution is 2.27. The Hall–Kier alpha value is -1.84. The molecule has 0 aromatic heterocycles. The van der Waals surface area contributed by atoms with Crippen molar-refractivity contribution in [1.29, 1.82) is 0 Å². The Labute approximate surface area is 107 Å². The van der Waals surface area contributed by atoms with E-state index >= 15 is 0 Å². The molecule has 1 heterocycles. The maximum Gasteiger partial charge on any atom is 0.326 e. The van der Waals surface area contributed by atoms with Crippen LogP contribution in [0.2, 0.25) is 0 Å². The average Bonchev–Trinajstić information content (AvgIpc) is 2.32. The van der Waals surface area contributed by atoms with Crippen molar-refractivity contribution < 1.29 is 14.3 Å². The number of esters is 1. The Morgan fingerprint density at radius 2 is 2.06 bits per heavy atom. The van der Waals surface area contributed by atoms with Gasteiger partial charge in [-0.3, -0.25) is 9.59 Å².